The van der Waals surface area contributed by atoms with Crippen molar-refractivity contribution in [2.24, 2.45) is 0 Å². The number of aromatic nitrogens is 4. The molecule has 0 aliphatic carbocycles. The molecule has 106 valence electrons. The Kier molecular flexibility index (Phi) is 3.12. The minimum absolute atomic E-state index is 0.257. The maximum atomic E-state index is 4.73. The van der Waals surface area contributed by atoms with Crippen molar-refractivity contribution in [2.75, 3.05) is 6.54 Å². The Labute approximate surface area is 123 Å². The minimum atomic E-state index is 0.257. The molecule has 1 fully saturated rings. The molecule has 0 saturated carbocycles. The van der Waals surface area contributed by atoms with Gasteiger partial charge in [-0.05, 0) is 31.5 Å². The minimum Gasteiger partial charge on any atom is -0.307 e. The van der Waals surface area contributed by atoms with Gasteiger partial charge >= 0.3 is 0 Å². The molecule has 4 rings (SSSR count). The van der Waals surface area contributed by atoms with Crippen LogP contribution >= 0.6 is 0 Å². The lowest BCUT2D eigenvalue weighted by Crippen LogP contribution is -2.28. The third-order valence-electron chi connectivity index (χ3n) is 3.98. The van der Waals surface area contributed by atoms with Crippen LogP contribution in [0.1, 0.15) is 31.1 Å². The first kappa shape index (κ1) is 12.5. The molecular weight excluding hydrogens is 262 g/mol. The number of hydrogen-bond donors (Lipinski definition) is 1. The van der Waals surface area contributed by atoms with Crippen LogP contribution in [0.15, 0.2) is 42.5 Å². The van der Waals surface area contributed by atoms with Crippen molar-refractivity contribution in [2.45, 2.75) is 25.3 Å². The van der Waals surface area contributed by atoms with Gasteiger partial charge in [0.2, 0.25) is 0 Å². The van der Waals surface area contributed by atoms with E-state index in [2.05, 4.69) is 27.6 Å². The van der Waals surface area contributed by atoms with Crippen molar-refractivity contribution >= 4 is 5.65 Å². The van der Waals surface area contributed by atoms with Crippen molar-refractivity contribution in [3.8, 4) is 11.3 Å². The van der Waals surface area contributed by atoms with Gasteiger partial charge in [0.1, 0.15) is 0 Å². The van der Waals surface area contributed by atoms with Crippen molar-refractivity contribution in [3.63, 3.8) is 0 Å². The van der Waals surface area contributed by atoms with Crippen LogP contribution in [0, 0.1) is 0 Å². The van der Waals surface area contributed by atoms with Crippen LogP contribution in [-0.2, 0) is 0 Å². The Morgan fingerprint density at radius 1 is 1.00 bits per heavy atom. The normalized spacial score (nSPS) is 19.0. The van der Waals surface area contributed by atoms with Crippen LogP contribution in [-0.4, -0.2) is 26.4 Å². The molecule has 1 aliphatic rings. The van der Waals surface area contributed by atoms with E-state index in [-0.39, 0.29) is 6.04 Å². The van der Waals surface area contributed by atoms with Crippen molar-refractivity contribution in [1.82, 2.24) is 25.1 Å². The second kappa shape index (κ2) is 5.26. The molecule has 0 radical (unpaired) electrons. The molecule has 1 aliphatic heterocycles. The van der Waals surface area contributed by atoms with Gasteiger partial charge in [0.05, 0.1) is 11.7 Å². The lowest BCUT2D eigenvalue weighted by atomic mass is 10.0. The Hall–Kier alpha value is -2.27. The predicted octanol–water partition coefficient (Wildman–Crippen LogP) is 2.61. The molecule has 0 unspecified atom stereocenters. The smallest absolute Gasteiger partial charge is 0.178 e. The second-order valence-corrected chi connectivity index (χ2v) is 5.42. The van der Waals surface area contributed by atoms with Crippen LogP contribution in [0.4, 0.5) is 0 Å². The molecule has 1 saturated heterocycles. The fourth-order valence-corrected chi connectivity index (χ4v) is 2.86. The highest BCUT2D eigenvalue weighted by atomic mass is 15.4. The molecule has 2 aromatic heterocycles. The number of nitrogens with zero attached hydrogens (tertiary/aromatic N) is 4. The highest BCUT2D eigenvalue weighted by molar-refractivity contribution is 5.59. The van der Waals surface area contributed by atoms with E-state index in [0.29, 0.717) is 0 Å². The maximum absolute atomic E-state index is 4.73. The van der Waals surface area contributed by atoms with Crippen molar-refractivity contribution in [1.29, 1.82) is 0 Å². The van der Waals surface area contributed by atoms with Gasteiger partial charge in [-0.2, -0.15) is 9.61 Å². The third-order valence-corrected chi connectivity index (χ3v) is 3.98. The summed E-state index contributed by atoms with van der Waals surface area (Å²) in [5.74, 6) is 0.919. The fraction of sp³-hybridized carbons (Fsp3) is 0.312. The van der Waals surface area contributed by atoms with Crippen LogP contribution in [0.25, 0.3) is 16.9 Å². The van der Waals surface area contributed by atoms with Gasteiger partial charge in [-0.3, -0.25) is 0 Å². The third kappa shape index (κ3) is 2.29. The zero-order chi connectivity index (χ0) is 14.1. The Bertz CT molecular complexity index is 744. The second-order valence-electron chi connectivity index (χ2n) is 5.42. The summed E-state index contributed by atoms with van der Waals surface area (Å²) in [6.07, 6.45) is 3.55. The van der Waals surface area contributed by atoms with Crippen molar-refractivity contribution in [3.05, 3.63) is 48.3 Å². The molecule has 1 N–H and O–H groups in total. The maximum Gasteiger partial charge on any atom is 0.178 e. The first-order chi connectivity index (χ1) is 10.4. The Balaban J connectivity index is 1.79. The number of fused-ring (bicyclic) bond motifs is 1. The van der Waals surface area contributed by atoms with Crippen LogP contribution in [0.5, 0.6) is 0 Å². The summed E-state index contributed by atoms with van der Waals surface area (Å²) in [6, 6.07) is 14.4. The molecule has 0 spiro atoms. The van der Waals surface area contributed by atoms with E-state index < -0.39 is 0 Å². The van der Waals surface area contributed by atoms with Crippen LogP contribution < -0.4 is 5.32 Å². The number of nitrogens with one attached hydrogen (secondary N) is 1. The van der Waals surface area contributed by atoms with E-state index in [1.165, 1.54) is 12.8 Å². The molecule has 5 heteroatoms. The standard InChI is InChI=1S/C16H17N5/c1-2-6-12(7-3-1)13-9-10-15-18-19-16(21(15)20-13)14-8-4-5-11-17-14/h1-3,6-7,9-10,14,17H,4-5,8,11H2/t14-/m0/s1. The highest BCUT2D eigenvalue weighted by Crippen LogP contribution is 2.23. The zero-order valence-electron chi connectivity index (χ0n) is 11.7. The lowest BCUT2D eigenvalue weighted by Gasteiger charge is -2.21. The molecular formula is C16H17N5. The Morgan fingerprint density at radius 2 is 1.90 bits per heavy atom. The van der Waals surface area contributed by atoms with Gasteiger partial charge in [-0.15, -0.1) is 10.2 Å². The molecule has 1 aromatic carbocycles. The molecule has 3 aromatic rings. The van der Waals surface area contributed by atoms with E-state index in [4.69, 9.17) is 5.10 Å². The predicted molar refractivity (Wildman–Crippen MR) is 80.8 cm³/mol. The zero-order valence-corrected chi connectivity index (χ0v) is 11.7. The molecule has 0 amide bonds. The highest BCUT2D eigenvalue weighted by Gasteiger charge is 2.21. The summed E-state index contributed by atoms with van der Waals surface area (Å²) in [5.41, 5.74) is 2.85. The summed E-state index contributed by atoms with van der Waals surface area (Å²) in [5, 5.41) is 16.8. The van der Waals surface area contributed by atoms with E-state index >= 15 is 0 Å². The summed E-state index contributed by atoms with van der Waals surface area (Å²) >= 11 is 0. The monoisotopic (exact) mass is 279 g/mol. The van der Waals surface area contributed by atoms with Crippen LogP contribution in [0.3, 0.4) is 0 Å². The molecule has 0 bridgehead atoms. The topological polar surface area (TPSA) is 55.1 Å². The van der Waals surface area contributed by atoms with Gasteiger partial charge in [0, 0.05) is 5.56 Å². The van der Waals surface area contributed by atoms with E-state index in [0.717, 1.165) is 35.7 Å². The SMILES string of the molecule is c1ccc(-c2ccc3nnc([C@@H]4CCCCN4)n3n2)cc1. The summed E-state index contributed by atoms with van der Waals surface area (Å²) in [6.45, 7) is 1.04. The van der Waals surface area contributed by atoms with Gasteiger partial charge in [-0.25, -0.2) is 0 Å². The largest absolute Gasteiger partial charge is 0.307 e. The first-order valence-electron chi connectivity index (χ1n) is 7.43. The number of piperidine rings is 1. The van der Waals surface area contributed by atoms with E-state index in [1.54, 1.807) is 0 Å². The summed E-state index contributed by atoms with van der Waals surface area (Å²) in [7, 11) is 0. The Morgan fingerprint density at radius 3 is 2.71 bits per heavy atom. The molecule has 1 atom stereocenters. The molecule has 3 heterocycles. The number of benzene rings is 1. The lowest BCUT2D eigenvalue weighted by molar-refractivity contribution is 0.392. The average molecular weight is 279 g/mol. The van der Waals surface area contributed by atoms with Gasteiger partial charge in [0.25, 0.3) is 0 Å². The quantitative estimate of drug-likeness (QED) is 0.783. The molecule has 21 heavy (non-hydrogen) atoms. The summed E-state index contributed by atoms with van der Waals surface area (Å²) in [4.78, 5) is 0. The number of hydrogen-bond acceptors (Lipinski definition) is 4. The van der Waals surface area contributed by atoms with Gasteiger partial charge in [-0.1, -0.05) is 36.8 Å². The van der Waals surface area contributed by atoms with Gasteiger partial charge in [0.15, 0.2) is 11.5 Å². The first-order valence-corrected chi connectivity index (χ1v) is 7.43. The van der Waals surface area contributed by atoms with Gasteiger partial charge < -0.3 is 5.32 Å². The number of rotatable bonds is 2. The average Bonchev–Trinajstić information content (AvgIpc) is 2.99. The fourth-order valence-electron chi connectivity index (χ4n) is 2.86. The van der Waals surface area contributed by atoms with E-state index in [9.17, 15) is 0 Å². The van der Waals surface area contributed by atoms with Crippen LogP contribution in [0.2, 0.25) is 0 Å². The molecule has 5 nitrogen and oxygen atoms in total. The van der Waals surface area contributed by atoms with Crippen molar-refractivity contribution < 1.29 is 0 Å². The van der Waals surface area contributed by atoms with E-state index in [1.807, 2.05) is 34.8 Å². The summed E-state index contributed by atoms with van der Waals surface area (Å²) < 4.78 is 1.88.